The molecule has 2 aromatic carbocycles. The molecule has 2 heterocycles. The van der Waals surface area contributed by atoms with Gasteiger partial charge in [-0.05, 0) is 37.3 Å². The first-order valence-corrected chi connectivity index (χ1v) is 8.73. The second-order valence-corrected chi connectivity index (χ2v) is 6.61. The minimum absolute atomic E-state index is 0.0677. The van der Waals surface area contributed by atoms with Crippen molar-refractivity contribution in [3.05, 3.63) is 81.0 Å². The van der Waals surface area contributed by atoms with Gasteiger partial charge in [-0.2, -0.15) is 5.10 Å². The molecule has 0 aliphatic carbocycles. The first-order valence-electron chi connectivity index (χ1n) is 8.35. The van der Waals surface area contributed by atoms with Gasteiger partial charge in [0.2, 0.25) is 0 Å². The van der Waals surface area contributed by atoms with Crippen molar-refractivity contribution in [3.63, 3.8) is 0 Å². The molecular formula is C19H15ClN4O3. The summed E-state index contributed by atoms with van der Waals surface area (Å²) in [6.45, 7) is 1.89. The van der Waals surface area contributed by atoms with Crippen LogP contribution in [0.4, 0.5) is 0 Å². The standard InChI is InChI=1S/C19H15ClN4O3/c1-12-21-23(19(27)24(12)14-6-4-5-13(20)11-14)10-9-22-17(25)15-7-2-3-8-16(15)18(22)26/h2-8,11H,9-10H2,1H3. The fourth-order valence-corrected chi connectivity index (χ4v) is 3.40. The maximum atomic E-state index is 12.7. The third kappa shape index (κ3) is 2.86. The zero-order valence-corrected chi connectivity index (χ0v) is 15.2. The number of fused-ring (bicyclic) bond motifs is 1. The van der Waals surface area contributed by atoms with Gasteiger partial charge in [0.15, 0.2) is 0 Å². The average Bonchev–Trinajstić information content (AvgIpc) is 3.07. The molecule has 0 atom stereocenters. The maximum absolute atomic E-state index is 12.7. The molecule has 136 valence electrons. The van der Waals surface area contributed by atoms with Gasteiger partial charge in [-0.15, -0.1) is 0 Å². The highest BCUT2D eigenvalue weighted by molar-refractivity contribution is 6.30. The molecule has 8 heteroatoms. The van der Waals surface area contributed by atoms with Crippen LogP contribution in [0.25, 0.3) is 5.69 Å². The van der Waals surface area contributed by atoms with Crippen LogP contribution in [0.15, 0.2) is 53.3 Å². The molecule has 0 saturated heterocycles. The molecule has 0 unspecified atom stereocenters. The van der Waals surface area contributed by atoms with E-state index in [-0.39, 0.29) is 30.6 Å². The van der Waals surface area contributed by atoms with Crippen molar-refractivity contribution in [2.45, 2.75) is 13.5 Å². The molecular weight excluding hydrogens is 368 g/mol. The number of hydrogen-bond acceptors (Lipinski definition) is 4. The summed E-state index contributed by atoms with van der Waals surface area (Å²) in [4.78, 5) is 38.7. The first kappa shape index (κ1) is 17.2. The number of aromatic nitrogens is 3. The normalized spacial score (nSPS) is 13.3. The summed E-state index contributed by atoms with van der Waals surface area (Å²) >= 11 is 6.01. The number of carbonyl (C=O) groups is 2. The third-order valence-corrected chi connectivity index (χ3v) is 4.72. The monoisotopic (exact) mass is 382 g/mol. The number of imide groups is 1. The van der Waals surface area contributed by atoms with Gasteiger partial charge in [0.25, 0.3) is 11.8 Å². The Morgan fingerprint density at radius 2 is 1.59 bits per heavy atom. The summed E-state index contributed by atoms with van der Waals surface area (Å²) in [5, 5.41) is 4.76. The Kier molecular flexibility index (Phi) is 4.16. The molecule has 2 amide bonds. The molecule has 0 spiro atoms. The van der Waals surface area contributed by atoms with Crippen molar-refractivity contribution in [2.24, 2.45) is 0 Å². The zero-order valence-electron chi connectivity index (χ0n) is 14.4. The minimum Gasteiger partial charge on any atom is -0.272 e. The zero-order chi connectivity index (χ0) is 19.1. The van der Waals surface area contributed by atoms with Gasteiger partial charge >= 0.3 is 5.69 Å². The molecule has 0 bridgehead atoms. The van der Waals surface area contributed by atoms with Crippen molar-refractivity contribution < 1.29 is 9.59 Å². The Hall–Kier alpha value is -3.19. The van der Waals surface area contributed by atoms with E-state index < -0.39 is 0 Å². The summed E-state index contributed by atoms with van der Waals surface area (Å²) in [6.07, 6.45) is 0. The highest BCUT2D eigenvalue weighted by Crippen LogP contribution is 2.22. The van der Waals surface area contributed by atoms with Crippen LogP contribution in [-0.2, 0) is 6.54 Å². The Labute approximate surface area is 159 Å². The molecule has 0 saturated carbocycles. The van der Waals surface area contributed by atoms with Crippen LogP contribution in [-0.4, -0.2) is 37.6 Å². The van der Waals surface area contributed by atoms with Crippen molar-refractivity contribution in [3.8, 4) is 5.69 Å². The van der Waals surface area contributed by atoms with Crippen molar-refractivity contribution in [2.75, 3.05) is 6.54 Å². The van der Waals surface area contributed by atoms with Gasteiger partial charge in [0.1, 0.15) is 5.82 Å². The Balaban J connectivity index is 1.59. The van der Waals surface area contributed by atoms with E-state index in [0.29, 0.717) is 27.7 Å². The van der Waals surface area contributed by atoms with E-state index in [1.807, 2.05) is 0 Å². The molecule has 1 aliphatic rings. The summed E-state index contributed by atoms with van der Waals surface area (Å²) in [5.41, 5.74) is 1.02. The number of carbonyl (C=O) groups excluding carboxylic acids is 2. The van der Waals surface area contributed by atoms with Crippen molar-refractivity contribution in [1.29, 1.82) is 0 Å². The lowest BCUT2D eigenvalue weighted by atomic mass is 10.1. The van der Waals surface area contributed by atoms with E-state index in [1.165, 1.54) is 9.25 Å². The van der Waals surface area contributed by atoms with Crippen LogP contribution in [0.5, 0.6) is 0 Å². The van der Waals surface area contributed by atoms with E-state index in [4.69, 9.17) is 11.6 Å². The summed E-state index contributed by atoms with van der Waals surface area (Å²) < 4.78 is 2.69. The highest BCUT2D eigenvalue weighted by Gasteiger charge is 2.34. The predicted octanol–water partition coefficient (Wildman–Crippen LogP) is 2.29. The summed E-state index contributed by atoms with van der Waals surface area (Å²) in [6, 6.07) is 13.6. The van der Waals surface area contributed by atoms with E-state index in [2.05, 4.69) is 5.10 Å². The fourth-order valence-electron chi connectivity index (χ4n) is 3.21. The smallest absolute Gasteiger partial charge is 0.272 e. The Bertz CT molecular complexity index is 1100. The van der Waals surface area contributed by atoms with Gasteiger partial charge < -0.3 is 0 Å². The molecule has 1 aromatic heterocycles. The molecule has 27 heavy (non-hydrogen) atoms. The Morgan fingerprint density at radius 3 is 2.22 bits per heavy atom. The number of amides is 2. The van der Waals surface area contributed by atoms with Crippen molar-refractivity contribution >= 4 is 23.4 Å². The Morgan fingerprint density at radius 1 is 0.926 bits per heavy atom. The van der Waals surface area contributed by atoms with Crippen LogP contribution in [0.2, 0.25) is 5.02 Å². The molecule has 0 radical (unpaired) electrons. The van der Waals surface area contributed by atoms with Gasteiger partial charge in [0.05, 0.1) is 23.4 Å². The second-order valence-electron chi connectivity index (χ2n) is 6.18. The summed E-state index contributed by atoms with van der Waals surface area (Å²) in [5.74, 6) is -0.214. The van der Waals surface area contributed by atoms with Gasteiger partial charge in [-0.25, -0.2) is 14.0 Å². The van der Waals surface area contributed by atoms with Crippen LogP contribution >= 0.6 is 11.6 Å². The number of hydrogen-bond donors (Lipinski definition) is 0. The molecule has 1 aliphatic heterocycles. The van der Waals surface area contributed by atoms with Crippen LogP contribution in [0.3, 0.4) is 0 Å². The average molecular weight is 383 g/mol. The van der Waals surface area contributed by atoms with E-state index in [1.54, 1.807) is 55.5 Å². The maximum Gasteiger partial charge on any atom is 0.350 e. The minimum atomic E-state index is -0.355. The number of nitrogens with zero attached hydrogens (tertiary/aromatic N) is 4. The summed E-state index contributed by atoms with van der Waals surface area (Å²) in [7, 11) is 0. The van der Waals surface area contributed by atoms with Gasteiger partial charge in [-0.3, -0.25) is 14.5 Å². The van der Waals surface area contributed by atoms with Crippen LogP contribution < -0.4 is 5.69 Å². The molecule has 0 N–H and O–H groups in total. The van der Waals surface area contributed by atoms with E-state index >= 15 is 0 Å². The lowest BCUT2D eigenvalue weighted by Crippen LogP contribution is -2.35. The highest BCUT2D eigenvalue weighted by atomic mass is 35.5. The van der Waals surface area contributed by atoms with Crippen LogP contribution in [0.1, 0.15) is 26.5 Å². The molecule has 4 rings (SSSR count). The fraction of sp³-hybridized carbons (Fsp3) is 0.158. The first-order chi connectivity index (χ1) is 13.0. The van der Waals surface area contributed by atoms with Crippen molar-refractivity contribution in [1.82, 2.24) is 19.2 Å². The largest absolute Gasteiger partial charge is 0.350 e. The number of halogens is 1. The second kappa shape index (κ2) is 6.51. The predicted molar refractivity (Wildman–Crippen MR) is 99.4 cm³/mol. The molecule has 0 fully saturated rings. The third-order valence-electron chi connectivity index (χ3n) is 4.48. The lowest BCUT2D eigenvalue weighted by Gasteiger charge is -2.12. The molecule has 7 nitrogen and oxygen atoms in total. The number of aryl methyl sites for hydroxylation is 1. The number of rotatable bonds is 4. The van der Waals surface area contributed by atoms with E-state index in [9.17, 15) is 14.4 Å². The lowest BCUT2D eigenvalue weighted by molar-refractivity contribution is 0.0647. The quantitative estimate of drug-likeness (QED) is 0.649. The van der Waals surface area contributed by atoms with Gasteiger partial charge in [-0.1, -0.05) is 29.8 Å². The SMILES string of the molecule is Cc1nn(CCN2C(=O)c3ccccc3C2=O)c(=O)n1-c1cccc(Cl)c1. The molecule has 3 aromatic rings. The number of benzene rings is 2. The van der Waals surface area contributed by atoms with Crippen LogP contribution in [0, 0.1) is 6.92 Å². The van der Waals surface area contributed by atoms with E-state index in [0.717, 1.165) is 4.90 Å². The topological polar surface area (TPSA) is 77.2 Å². The van der Waals surface area contributed by atoms with Gasteiger partial charge in [0, 0.05) is 11.6 Å².